The minimum atomic E-state index is -3.51. The monoisotopic (exact) mass is 358 g/mol. The summed E-state index contributed by atoms with van der Waals surface area (Å²) in [5, 5.41) is 3.47. The van der Waals surface area contributed by atoms with Crippen LogP contribution >= 0.6 is 11.6 Å². The highest BCUT2D eigenvalue weighted by molar-refractivity contribution is 7.89. The summed E-state index contributed by atoms with van der Waals surface area (Å²) in [6.45, 7) is 4.72. The van der Waals surface area contributed by atoms with Gasteiger partial charge in [-0.3, -0.25) is 4.79 Å². The van der Waals surface area contributed by atoms with Gasteiger partial charge in [-0.1, -0.05) is 18.5 Å². The van der Waals surface area contributed by atoms with E-state index in [1.54, 1.807) is 12.1 Å². The number of halogens is 1. The van der Waals surface area contributed by atoms with Crippen molar-refractivity contribution in [2.75, 3.05) is 13.1 Å². The highest BCUT2D eigenvalue weighted by Crippen LogP contribution is 2.25. The van der Waals surface area contributed by atoms with Gasteiger partial charge in [0.25, 0.3) is 0 Å². The third-order valence-electron chi connectivity index (χ3n) is 4.28. The number of hydrogen-bond donors (Lipinski definition) is 1. The van der Waals surface area contributed by atoms with Crippen LogP contribution in [-0.2, 0) is 14.8 Å². The van der Waals surface area contributed by atoms with Crippen LogP contribution in [0.3, 0.4) is 0 Å². The first kappa shape index (κ1) is 18.2. The lowest BCUT2D eigenvalue weighted by molar-refractivity contribution is -0.126. The number of rotatable bonds is 5. The summed E-state index contributed by atoms with van der Waals surface area (Å²) >= 11 is 5.80. The molecule has 1 N–H and O–H groups in total. The molecule has 1 aromatic carbocycles. The predicted octanol–water partition coefficient (Wildman–Crippen LogP) is 2.66. The molecule has 7 heteroatoms. The van der Waals surface area contributed by atoms with E-state index in [4.69, 9.17) is 11.6 Å². The van der Waals surface area contributed by atoms with E-state index in [1.807, 2.05) is 13.8 Å². The van der Waals surface area contributed by atoms with Crippen molar-refractivity contribution in [3.05, 3.63) is 29.3 Å². The molecule has 5 nitrogen and oxygen atoms in total. The maximum atomic E-state index is 12.6. The van der Waals surface area contributed by atoms with E-state index in [1.165, 1.54) is 16.4 Å². The number of sulfonamides is 1. The van der Waals surface area contributed by atoms with Crippen molar-refractivity contribution in [3.8, 4) is 0 Å². The molecule has 0 radical (unpaired) electrons. The van der Waals surface area contributed by atoms with E-state index < -0.39 is 10.0 Å². The summed E-state index contributed by atoms with van der Waals surface area (Å²) in [5.41, 5.74) is 0. The van der Waals surface area contributed by atoms with Gasteiger partial charge in [0.05, 0.1) is 4.90 Å². The molecule has 1 heterocycles. The van der Waals surface area contributed by atoms with Crippen LogP contribution in [0.15, 0.2) is 29.2 Å². The molecule has 128 valence electrons. The Hall–Kier alpha value is -1.11. The van der Waals surface area contributed by atoms with Crippen LogP contribution in [0.4, 0.5) is 0 Å². The summed E-state index contributed by atoms with van der Waals surface area (Å²) in [4.78, 5) is 12.4. The highest BCUT2D eigenvalue weighted by Gasteiger charge is 2.32. The molecule has 1 fully saturated rings. The van der Waals surface area contributed by atoms with Crippen LogP contribution in [0.25, 0.3) is 0 Å². The first-order chi connectivity index (χ1) is 10.8. The van der Waals surface area contributed by atoms with E-state index in [2.05, 4.69) is 5.32 Å². The molecule has 1 atom stereocenters. The van der Waals surface area contributed by atoms with Crippen LogP contribution in [0.1, 0.15) is 33.1 Å². The Bertz CT molecular complexity index is 638. The standard InChI is InChI=1S/C16H23ClN2O3S/c1-3-12(2)18-16(20)13-8-10-19(11-9-13)23(21,22)15-6-4-14(17)5-7-15/h4-7,12-13H,3,8-11H2,1-2H3,(H,18,20)/t12-/m0/s1. The first-order valence-electron chi connectivity index (χ1n) is 7.90. The lowest BCUT2D eigenvalue weighted by Gasteiger charge is -2.31. The Morgan fingerprint density at radius 3 is 2.39 bits per heavy atom. The van der Waals surface area contributed by atoms with Crippen molar-refractivity contribution in [3.63, 3.8) is 0 Å². The normalized spacial score (nSPS) is 18.6. The fourth-order valence-corrected chi connectivity index (χ4v) is 4.17. The average Bonchev–Trinajstić information content (AvgIpc) is 2.55. The Kier molecular flexibility index (Phi) is 6.06. The van der Waals surface area contributed by atoms with Crippen LogP contribution in [0.5, 0.6) is 0 Å². The third-order valence-corrected chi connectivity index (χ3v) is 6.44. The van der Waals surface area contributed by atoms with Crippen LogP contribution in [0, 0.1) is 5.92 Å². The molecule has 23 heavy (non-hydrogen) atoms. The summed E-state index contributed by atoms with van der Waals surface area (Å²) < 4.78 is 26.6. The first-order valence-corrected chi connectivity index (χ1v) is 9.72. The predicted molar refractivity (Wildman–Crippen MR) is 90.8 cm³/mol. The second kappa shape index (κ2) is 7.64. The van der Waals surface area contributed by atoms with Crippen LogP contribution in [0.2, 0.25) is 5.02 Å². The minimum Gasteiger partial charge on any atom is -0.353 e. The van der Waals surface area contributed by atoms with Crippen LogP contribution < -0.4 is 5.32 Å². The van der Waals surface area contributed by atoms with E-state index in [0.29, 0.717) is 31.0 Å². The molecule has 0 aliphatic carbocycles. The van der Waals surface area contributed by atoms with Crippen LogP contribution in [-0.4, -0.2) is 37.8 Å². The number of amides is 1. The molecule has 0 spiro atoms. The Balaban J connectivity index is 1.98. The number of piperidine rings is 1. The van der Waals surface area contributed by atoms with Gasteiger partial charge in [0.15, 0.2) is 0 Å². The SMILES string of the molecule is CC[C@H](C)NC(=O)C1CCN(S(=O)(=O)c2ccc(Cl)cc2)CC1. The van der Waals surface area contributed by atoms with Gasteiger partial charge in [0.2, 0.25) is 15.9 Å². The molecule has 0 bridgehead atoms. The van der Waals surface area contributed by atoms with Crippen molar-refractivity contribution in [2.45, 2.75) is 44.0 Å². The fourth-order valence-electron chi connectivity index (χ4n) is 2.58. The average molecular weight is 359 g/mol. The molecule has 1 aliphatic heterocycles. The van der Waals surface area contributed by atoms with Crippen molar-refractivity contribution in [1.29, 1.82) is 0 Å². The molecule has 0 unspecified atom stereocenters. The number of carbonyl (C=O) groups is 1. The van der Waals surface area contributed by atoms with Crippen molar-refractivity contribution < 1.29 is 13.2 Å². The summed E-state index contributed by atoms with van der Waals surface area (Å²) in [7, 11) is -3.51. The summed E-state index contributed by atoms with van der Waals surface area (Å²) in [6, 6.07) is 6.32. The van der Waals surface area contributed by atoms with E-state index in [0.717, 1.165) is 6.42 Å². The second-order valence-electron chi connectivity index (χ2n) is 5.95. The van der Waals surface area contributed by atoms with Gasteiger partial charge < -0.3 is 5.32 Å². The Morgan fingerprint density at radius 1 is 1.30 bits per heavy atom. The lowest BCUT2D eigenvalue weighted by atomic mass is 9.97. The van der Waals surface area contributed by atoms with Crippen molar-refractivity contribution >= 4 is 27.5 Å². The maximum Gasteiger partial charge on any atom is 0.243 e. The molecule has 0 saturated carbocycles. The molecular formula is C16H23ClN2O3S. The Labute approximate surface area is 143 Å². The van der Waals surface area contributed by atoms with Gasteiger partial charge in [0, 0.05) is 30.1 Å². The van der Waals surface area contributed by atoms with Gasteiger partial charge in [-0.2, -0.15) is 4.31 Å². The smallest absolute Gasteiger partial charge is 0.243 e. The molecule has 1 amide bonds. The number of carbonyl (C=O) groups excluding carboxylic acids is 1. The minimum absolute atomic E-state index is 0.0305. The van der Waals surface area contributed by atoms with Gasteiger partial charge in [-0.05, 0) is 50.5 Å². The number of nitrogens with zero attached hydrogens (tertiary/aromatic N) is 1. The van der Waals surface area contributed by atoms with E-state index in [-0.39, 0.29) is 22.8 Å². The molecule has 0 aromatic heterocycles. The Morgan fingerprint density at radius 2 is 1.87 bits per heavy atom. The number of nitrogens with one attached hydrogen (secondary N) is 1. The summed E-state index contributed by atoms with van der Waals surface area (Å²) in [6.07, 6.45) is 1.99. The zero-order chi connectivity index (χ0) is 17.0. The third kappa shape index (κ3) is 4.46. The fraction of sp³-hybridized carbons (Fsp3) is 0.562. The zero-order valence-electron chi connectivity index (χ0n) is 13.5. The van der Waals surface area contributed by atoms with Crippen molar-refractivity contribution in [1.82, 2.24) is 9.62 Å². The maximum absolute atomic E-state index is 12.6. The molecule has 2 rings (SSSR count). The van der Waals surface area contributed by atoms with Gasteiger partial charge in [-0.25, -0.2) is 8.42 Å². The van der Waals surface area contributed by atoms with E-state index in [9.17, 15) is 13.2 Å². The molecule has 1 saturated heterocycles. The summed E-state index contributed by atoms with van der Waals surface area (Å²) in [5.74, 6) is -0.0800. The van der Waals surface area contributed by atoms with Gasteiger partial charge in [-0.15, -0.1) is 0 Å². The lowest BCUT2D eigenvalue weighted by Crippen LogP contribution is -2.44. The van der Waals surface area contributed by atoms with Gasteiger partial charge in [0.1, 0.15) is 0 Å². The van der Waals surface area contributed by atoms with E-state index >= 15 is 0 Å². The van der Waals surface area contributed by atoms with Gasteiger partial charge >= 0.3 is 0 Å². The molecule has 1 aliphatic rings. The quantitative estimate of drug-likeness (QED) is 0.879. The zero-order valence-corrected chi connectivity index (χ0v) is 15.0. The largest absolute Gasteiger partial charge is 0.353 e. The second-order valence-corrected chi connectivity index (χ2v) is 8.32. The van der Waals surface area contributed by atoms with Crippen molar-refractivity contribution in [2.24, 2.45) is 5.92 Å². The molecular weight excluding hydrogens is 336 g/mol. The molecule has 1 aromatic rings. The highest BCUT2D eigenvalue weighted by atomic mass is 35.5. The number of hydrogen-bond acceptors (Lipinski definition) is 3. The number of benzene rings is 1. The topological polar surface area (TPSA) is 66.5 Å².